The topological polar surface area (TPSA) is 66.0 Å². The standard InChI is InChI=1S/C20H17ClN4O2S/c1-26-19-5-3-2-4-18(19)20-22-16(11-27-20)13-28-12-15-10-25(24-23-15)17-8-6-14(21)7-9-17/h2-11H,12-13H2,1H3. The molecule has 142 valence electrons. The largest absolute Gasteiger partial charge is 0.496 e. The van der Waals surface area contributed by atoms with Gasteiger partial charge in [0, 0.05) is 16.5 Å². The van der Waals surface area contributed by atoms with Crippen molar-refractivity contribution in [3.05, 3.63) is 77.4 Å². The molecule has 0 aliphatic heterocycles. The first-order valence-electron chi connectivity index (χ1n) is 8.55. The van der Waals surface area contributed by atoms with Crippen molar-refractivity contribution < 1.29 is 9.15 Å². The van der Waals surface area contributed by atoms with Gasteiger partial charge in [-0.15, -0.1) is 16.9 Å². The molecule has 0 spiro atoms. The van der Waals surface area contributed by atoms with Crippen LogP contribution in [0.3, 0.4) is 0 Å². The minimum Gasteiger partial charge on any atom is -0.496 e. The number of thioether (sulfide) groups is 1. The molecule has 0 saturated carbocycles. The van der Waals surface area contributed by atoms with Crippen molar-refractivity contribution in [1.29, 1.82) is 0 Å². The van der Waals surface area contributed by atoms with Gasteiger partial charge in [-0.05, 0) is 36.4 Å². The molecule has 0 bridgehead atoms. The van der Waals surface area contributed by atoms with E-state index in [1.54, 1.807) is 29.8 Å². The Labute approximate surface area is 171 Å². The average molecular weight is 413 g/mol. The Morgan fingerprint density at radius 3 is 2.68 bits per heavy atom. The van der Waals surface area contributed by atoms with Crippen molar-refractivity contribution in [3.8, 4) is 22.9 Å². The molecular formula is C20H17ClN4O2S. The van der Waals surface area contributed by atoms with Crippen molar-refractivity contribution in [1.82, 2.24) is 20.0 Å². The third-order valence-electron chi connectivity index (χ3n) is 4.02. The highest BCUT2D eigenvalue weighted by molar-refractivity contribution is 7.97. The summed E-state index contributed by atoms with van der Waals surface area (Å²) < 4.78 is 12.7. The molecule has 0 amide bonds. The average Bonchev–Trinajstić information content (AvgIpc) is 3.38. The zero-order chi connectivity index (χ0) is 19.3. The lowest BCUT2D eigenvalue weighted by molar-refractivity contribution is 0.414. The minimum absolute atomic E-state index is 0.557. The Balaban J connectivity index is 1.36. The van der Waals surface area contributed by atoms with E-state index in [-0.39, 0.29) is 0 Å². The van der Waals surface area contributed by atoms with Gasteiger partial charge in [0.25, 0.3) is 0 Å². The fourth-order valence-electron chi connectivity index (χ4n) is 2.66. The third-order valence-corrected chi connectivity index (χ3v) is 5.27. The molecule has 8 heteroatoms. The van der Waals surface area contributed by atoms with Crippen LogP contribution in [0.1, 0.15) is 11.4 Å². The highest BCUT2D eigenvalue weighted by atomic mass is 35.5. The number of benzene rings is 2. The lowest BCUT2D eigenvalue weighted by Gasteiger charge is -2.03. The quantitative estimate of drug-likeness (QED) is 0.424. The van der Waals surface area contributed by atoms with Crippen LogP contribution in [0.15, 0.2) is 65.4 Å². The molecule has 0 fully saturated rings. The number of halogens is 1. The van der Waals surface area contributed by atoms with E-state index in [9.17, 15) is 0 Å². The van der Waals surface area contributed by atoms with Gasteiger partial charge in [-0.25, -0.2) is 9.67 Å². The van der Waals surface area contributed by atoms with E-state index in [1.807, 2.05) is 54.7 Å². The molecule has 0 N–H and O–H groups in total. The van der Waals surface area contributed by atoms with E-state index < -0.39 is 0 Å². The van der Waals surface area contributed by atoms with Gasteiger partial charge in [0.05, 0.1) is 35.9 Å². The van der Waals surface area contributed by atoms with Crippen LogP contribution in [-0.2, 0) is 11.5 Å². The summed E-state index contributed by atoms with van der Waals surface area (Å²) in [6.07, 6.45) is 3.60. The van der Waals surface area contributed by atoms with Crippen LogP contribution < -0.4 is 4.74 Å². The van der Waals surface area contributed by atoms with Gasteiger partial charge in [-0.2, -0.15) is 0 Å². The normalized spacial score (nSPS) is 10.9. The van der Waals surface area contributed by atoms with Crippen molar-refractivity contribution in [2.45, 2.75) is 11.5 Å². The summed E-state index contributed by atoms with van der Waals surface area (Å²) in [7, 11) is 1.63. The van der Waals surface area contributed by atoms with Crippen LogP contribution in [0.25, 0.3) is 17.1 Å². The second-order valence-electron chi connectivity index (χ2n) is 5.97. The Hall–Kier alpha value is -2.77. The molecular weight excluding hydrogens is 396 g/mol. The molecule has 0 saturated heterocycles. The predicted molar refractivity (Wildman–Crippen MR) is 110 cm³/mol. The molecule has 0 atom stereocenters. The lowest BCUT2D eigenvalue weighted by Crippen LogP contribution is -1.93. The number of ether oxygens (including phenoxy) is 1. The minimum atomic E-state index is 0.557. The summed E-state index contributed by atoms with van der Waals surface area (Å²) in [4.78, 5) is 4.56. The first-order valence-corrected chi connectivity index (χ1v) is 10.1. The molecule has 28 heavy (non-hydrogen) atoms. The van der Waals surface area contributed by atoms with Crippen LogP contribution in [0.4, 0.5) is 0 Å². The molecule has 2 aromatic carbocycles. The summed E-state index contributed by atoms with van der Waals surface area (Å²) in [5.41, 5.74) is 3.53. The van der Waals surface area contributed by atoms with Crippen molar-refractivity contribution in [3.63, 3.8) is 0 Å². The predicted octanol–water partition coefficient (Wildman–Crippen LogP) is 5.02. The van der Waals surface area contributed by atoms with Crippen LogP contribution >= 0.6 is 23.4 Å². The Bertz CT molecular complexity index is 1060. The number of rotatable bonds is 7. The second-order valence-corrected chi connectivity index (χ2v) is 7.39. The van der Waals surface area contributed by atoms with Crippen molar-refractivity contribution >= 4 is 23.4 Å². The van der Waals surface area contributed by atoms with E-state index in [2.05, 4.69) is 15.3 Å². The number of oxazole rings is 1. The van der Waals surface area contributed by atoms with Crippen LogP contribution in [0, 0.1) is 0 Å². The first kappa shape index (κ1) is 18.6. The van der Waals surface area contributed by atoms with E-state index >= 15 is 0 Å². The van der Waals surface area contributed by atoms with Gasteiger partial charge >= 0.3 is 0 Å². The maximum atomic E-state index is 5.92. The molecule has 0 radical (unpaired) electrons. The van der Waals surface area contributed by atoms with Gasteiger partial charge in [-0.3, -0.25) is 0 Å². The highest BCUT2D eigenvalue weighted by Gasteiger charge is 2.12. The van der Waals surface area contributed by atoms with Crippen LogP contribution in [0.5, 0.6) is 5.75 Å². The van der Waals surface area contributed by atoms with E-state index in [0.717, 1.165) is 34.1 Å². The van der Waals surface area contributed by atoms with E-state index in [1.165, 1.54) is 0 Å². The Kier molecular flexibility index (Phi) is 5.64. The zero-order valence-electron chi connectivity index (χ0n) is 15.1. The van der Waals surface area contributed by atoms with Gasteiger partial charge < -0.3 is 9.15 Å². The Morgan fingerprint density at radius 1 is 1.07 bits per heavy atom. The molecule has 0 unspecified atom stereocenters. The molecule has 2 heterocycles. The fraction of sp³-hybridized carbons (Fsp3) is 0.150. The SMILES string of the molecule is COc1ccccc1-c1nc(CSCc2cn(-c3ccc(Cl)cc3)nn2)co1. The van der Waals surface area contributed by atoms with Crippen molar-refractivity contribution in [2.75, 3.05) is 7.11 Å². The van der Waals surface area contributed by atoms with Gasteiger partial charge in [-0.1, -0.05) is 28.9 Å². The summed E-state index contributed by atoms with van der Waals surface area (Å²) in [5, 5.41) is 9.08. The lowest BCUT2D eigenvalue weighted by atomic mass is 10.2. The molecule has 2 aromatic heterocycles. The number of hydrogen-bond acceptors (Lipinski definition) is 6. The summed E-state index contributed by atoms with van der Waals surface area (Å²) in [6, 6.07) is 15.1. The maximum Gasteiger partial charge on any atom is 0.229 e. The second kappa shape index (κ2) is 8.50. The summed E-state index contributed by atoms with van der Waals surface area (Å²) in [6.45, 7) is 0. The number of hydrogen-bond donors (Lipinski definition) is 0. The van der Waals surface area contributed by atoms with E-state index in [4.69, 9.17) is 20.8 Å². The molecule has 4 aromatic rings. The zero-order valence-corrected chi connectivity index (χ0v) is 16.7. The first-order chi connectivity index (χ1) is 13.7. The molecule has 6 nitrogen and oxygen atoms in total. The maximum absolute atomic E-state index is 5.92. The fourth-order valence-corrected chi connectivity index (χ4v) is 3.57. The van der Waals surface area contributed by atoms with Crippen LogP contribution in [-0.4, -0.2) is 27.1 Å². The molecule has 4 rings (SSSR count). The number of nitrogens with zero attached hydrogens (tertiary/aromatic N) is 4. The van der Waals surface area contributed by atoms with E-state index in [0.29, 0.717) is 16.7 Å². The summed E-state index contributed by atoms with van der Waals surface area (Å²) in [5.74, 6) is 2.74. The third kappa shape index (κ3) is 4.21. The van der Waals surface area contributed by atoms with Gasteiger partial charge in [0.15, 0.2) is 0 Å². The number of para-hydroxylation sites is 1. The highest BCUT2D eigenvalue weighted by Crippen LogP contribution is 2.29. The Morgan fingerprint density at radius 2 is 1.86 bits per heavy atom. The summed E-state index contributed by atoms with van der Waals surface area (Å²) >= 11 is 7.62. The van der Waals surface area contributed by atoms with Crippen LogP contribution in [0.2, 0.25) is 5.02 Å². The number of aromatic nitrogens is 4. The molecule has 0 aliphatic rings. The number of methoxy groups -OCH3 is 1. The smallest absolute Gasteiger partial charge is 0.229 e. The van der Waals surface area contributed by atoms with Gasteiger partial charge in [0.1, 0.15) is 12.0 Å². The van der Waals surface area contributed by atoms with Crippen molar-refractivity contribution in [2.24, 2.45) is 0 Å². The van der Waals surface area contributed by atoms with Gasteiger partial charge in [0.2, 0.25) is 5.89 Å². The monoisotopic (exact) mass is 412 g/mol. The molecule has 0 aliphatic carbocycles.